The molecule has 0 radical (unpaired) electrons. The van der Waals surface area contributed by atoms with Crippen LogP contribution in [0.25, 0.3) is 0 Å². The predicted octanol–water partition coefficient (Wildman–Crippen LogP) is 2.10. The Labute approximate surface area is 142 Å². The van der Waals surface area contributed by atoms with E-state index in [1.165, 1.54) is 0 Å². The molecule has 1 aromatic heterocycles. The molecule has 6 heteroatoms. The van der Waals surface area contributed by atoms with Crippen molar-refractivity contribution in [2.45, 2.75) is 31.8 Å². The van der Waals surface area contributed by atoms with E-state index in [9.17, 15) is 4.79 Å². The number of amides is 1. The first-order valence-electron chi connectivity index (χ1n) is 8.22. The lowest BCUT2D eigenvalue weighted by atomic mass is 10.00. The van der Waals surface area contributed by atoms with Gasteiger partial charge >= 0.3 is 0 Å². The summed E-state index contributed by atoms with van der Waals surface area (Å²) in [5.74, 6) is 0.425. The van der Waals surface area contributed by atoms with Gasteiger partial charge in [-0.25, -0.2) is 4.68 Å². The van der Waals surface area contributed by atoms with Gasteiger partial charge in [0.1, 0.15) is 6.04 Å². The molecule has 1 amide bonds. The molecule has 0 saturated carbocycles. The van der Waals surface area contributed by atoms with E-state index >= 15 is 0 Å². The minimum absolute atomic E-state index is 0.0753. The van der Waals surface area contributed by atoms with E-state index < -0.39 is 6.04 Å². The molecule has 128 valence electrons. The molecule has 2 aromatic rings. The van der Waals surface area contributed by atoms with Crippen LogP contribution in [0.4, 0.5) is 0 Å². The molecule has 3 rings (SSSR count). The molecule has 0 spiro atoms. The van der Waals surface area contributed by atoms with Gasteiger partial charge in [-0.15, -0.1) is 0 Å². The Morgan fingerprint density at radius 2 is 2.08 bits per heavy atom. The first-order chi connectivity index (χ1) is 11.5. The molecular formula is C18H24N4O2. The third kappa shape index (κ3) is 2.78. The lowest BCUT2D eigenvalue weighted by molar-refractivity contribution is -0.123. The van der Waals surface area contributed by atoms with Crippen molar-refractivity contribution in [2.24, 2.45) is 12.8 Å². The van der Waals surface area contributed by atoms with Crippen LogP contribution >= 0.6 is 0 Å². The minimum Gasteiger partial charge on any atom is -0.481 e. The molecule has 1 fully saturated rings. The van der Waals surface area contributed by atoms with E-state index in [4.69, 9.17) is 10.5 Å². The van der Waals surface area contributed by atoms with Gasteiger partial charge in [0.25, 0.3) is 0 Å². The fourth-order valence-corrected chi connectivity index (χ4v) is 3.84. The molecule has 2 N–H and O–H groups in total. The van der Waals surface area contributed by atoms with Crippen molar-refractivity contribution in [3.63, 3.8) is 0 Å². The van der Waals surface area contributed by atoms with Gasteiger partial charge in [0.05, 0.1) is 18.4 Å². The summed E-state index contributed by atoms with van der Waals surface area (Å²) >= 11 is 0. The van der Waals surface area contributed by atoms with Gasteiger partial charge in [-0.3, -0.25) is 9.69 Å². The molecule has 2 unspecified atom stereocenters. The number of nitrogens with zero attached hydrogens (tertiary/aromatic N) is 3. The minimum atomic E-state index is -0.442. The van der Waals surface area contributed by atoms with Crippen molar-refractivity contribution in [1.29, 1.82) is 0 Å². The fourth-order valence-electron chi connectivity index (χ4n) is 3.84. The van der Waals surface area contributed by atoms with E-state index in [2.05, 4.69) is 10.00 Å². The van der Waals surface area contributed by atoms with Crippen molar-refractivity contribution in [3.05, 3.63) is 47.2 Å². The quantitative estimate of drug-likeness (QED) is 0.912. The number of aromatic nitrogens is 2. The number of rotatable bonds is 5. The van der Waals surface area contributed by atoms with Crippen LogP contribution in [0.3, 0.4) is 0 Å². The second-order valence-electron chi connectivity index (χ2n) is 6.24. The Kier molecular flexibility index (Phi) is 4.57. The van der Waals surface area contributed by atoms with Crippen LogP contribution in [-0.4, -0.2) is 34.2 Å². The lowest BCUT2D eigenvalue weighted by Crippen LogP contribution is -2.37. The molecule has 1 aliphatic heterocycles. The molecule has 1 aliphatic rings. The molecule has 1 saturated heterocycles. The number of nitrogens with two attached hydrogens (primary N) is 1. The van der Waals surface area contributed by atoms with Gasteiger partial charge in [-0.1, -0.05) is 30.3 Å². The maximum atomic E-state index is 12.2. The molecule has 6 nitrogen and oxygen atoms in total. The number of methoxy groups -OCH3 is 1. The molecule has 0 aliphatic carbocycles. The highest BCUT2D eigenvalue weighted by atomic mass is 16.5. The lowest BCUT2D eigenvalue weighted by Gasteiger charge is -2.31. The van der Waals surface area contributed by atoms with Crippen LogP contribution < -0.4 is 10.5 Å². The topological polar surface area (TPSA) is 73.4 Å². The van der Waals surface area contributed by atoms with Gasteiger partial charge in [0.2, 0.25) is 11.8 Å². The second kappa shape index (κ2) is 6.65. The van der Waals surface area contributed by atoms with Crippen LogP contribution in [0.2, 0.25) is 0 Å². The summed E-state index contributed by atoms with van der Waals surface area (Å²) in [4.78, 5) is 14.4. The highest BCUT2D eigenvalue weighted by Crippen LogP contribution is 2.43. The molecule has 0 bridgehead atoms. The highest BCUT2D eigenvalue weighted by Gasteiger charge is 2.38. The zero-order valence-electron chi connectivity index (χ0n) is 14.4. The van der Waals surface area contributed by atoms with Crippen LogP contribution in [0.5, 0.6) is 5.88 Å². The summed E-state index contributed by atoms with van der Waals surface area (Å²) in [5.41, 5.74) is 8.69. The normalized spacial score (nSPS) is 19.4. The molecule has 2 heterocycles. The van der Waals surface area contributed by atoms with E-state index in [0.717, 1.165) is 42.1 Å². The van der Waals surface area contributed by atoms with Crippen LogP contribution in [0.1, 0.15) is 41.7 Å². The molecule has 24 heavy (non-hydrogen) atoms. The Hall–Kier alpha value is -2.34. The van der Waals surface area contributed by atoms with Crippen LogP contribution in [0.15, 0.2) is 30.3 Å². The third-order valence-electron chi connectivity index (χ3n) is 4.75. The van der Waals surface area contributed by atoms with Crippen molar-refractivity contribution >= 4 is 5.91 Å². The Morgan fingerprint density at radius 1 is 1.38 bits per heavy atom. The predicted molar refractivity (Wildman–Crippen MR) is 91.6 cm³/mol. The number of ether oxygens (including phenoxy) is 1. The number of benzene rings is 1. The molecular weight excluding hydrogens is 304 g/mol. The van der Waals surface area contributed by atoms with Crippen molar-refractivity contribution in [1.82, 2.24) is 14.7 Å². The van der Waals surface area contributed by atoms with E-state index in [0.29, 0.717) is 0 Å². The zero-order chi connectivity index (χ0) is 17.3. The van der Waals surface area contributed by atoms with E-state index in [1.807, 2.05) is 44.3 Å². The monoisotopic (exact) mass is 328 g/mol. The SMILES string of the molecule is COc1c(C2CCCN2C(C(N)=O)c2ccccc2)c(C)nn1C. The maximum absolute atomic E-state index is 12.2. The van der Waals surface area contributed by atoms with Gasteiger partial charge < -0.3 is 10.5 Å². The molecule has 2 atom stereocenters. The number of likely N-dealkylation sites (tertiary alicyclic amines) is 1. The van der Waals surface area contributed by atoms with Gasteiger partial charge in [0.15, 0.2) is 0 Å². The van der Waals surface area contributed by atoms with Crippen LogP contribution in [-0.2, 0) is 11.8 Å². The van der Waals surface area contributed by atoms with Gasteiger partial charge in [-0.2, -0.15) is 5.10 Å². The van der Waals surface area contributed by atoms with Gasteiger partial charge in [0, 0.05) is 13.1 Å². The summed E-state index contributed by atoms with van der Waals surface area (Å²) in [6.45, 7) is 2.81. The van der Waals surface area contributed by atoms with Crippen molar-refractivity contribution in [3.8, 4) is 5.88 Å². The van der Waals surface area contributed by atoms with E-state index in [1.54, 1.807) is 11.8 Å². The number of primary amides is 1. The fraction of sp³-hybridized carbons (Fsp3) is 0.444. The first kappa shape index (κ1) is 16.5. The summed E-state index contributed by atoms with van der Waals surface area (Å²) in [5, 5.41) is 4.49. The molecule has 1 aromatic carbocycles. The average molecular weight is 328 g/mol. The number of hydrogen-bond acceptors (Lipinski definition) is 4. The van der Waals surface area contributed by atoms with Crippen LogP contribution in [0, 0.1) is 6.92 Å². The largest absolute Gasteiger partial charge is 0.481 e. The van der Waals surface area contributed by atoms with Crippen molar-refractivity contribution in [2.75, 3.05) is 13.7 Å². The zero-order valence-corrected chi connectivity index (χ0v) is 14.4. The standard InChI is InChI=1S/C18H24N4O2/c1-12-15(18(24-3)21(2)20-12)14-10-7-11-22(14)16(17(19)23)13-8-5-4-6-9-13/h4-6,8-9,14,16H,7,10-11H2,1-3H3,(H2,19,23). The third-order valence-corrected chi connectivity index (χ3v) is 4.75. The Bertz CT molecular complexity index is 726. The summed E-state index contributed by atoms with van der Waals surface area (Å²) in [7, 11) is 3.53. The van der Waals surface area contributed by atoms with E-state index in [-0.39, 0.29) is 11.9 Å². The summed E-state index contributed by atoms with van der Waals surface area (Å²) in [6, 6.07) is 9.36. The number of hydrogen-bond donors (Lipinski definition) is 1. The van der Waals surface area contributed by atoms with Crippen molar-refractivity contribution < 1.29 is 9.53 Å². The summed E-state index contributed by atoms with van der Waals surface area (Å²) < 4.78 is 7.31. The Morgan fingerprint density at radius 3 is 2.71 bits per heavy atom. The maximum Gasteiger partial charge on any atom is 0.239 e. The highest BCUT2D eigenvalue weighted by molar-refractivity contribution is 5.81. The first-order valence-corrected chi connectivity index (χ1v) is 8.22. The second-order valence-corrected chi connectivity index (χ2v) is 6.24. The number of carbonyl (C=O) groups excluding carboxylic acids is 1. The average Bonchev–Trinajstić information content (AvgIpc) is 3.11. The number of aryl methyl sites for hydroxylation is 2. The smallest absolute Gasteiger partial charge is 0.239 e. The van der Waals surface area contributed by atoms with Gasteiger partial charge in [-0.05, 0) is 31.9 Å². The number of carbonyl (C=O) groups is 1. The summed E-state index contributed by atoms with van der Waals surface area (Å²) in [6.07, 6.45) is 1.97. The Balaban J connectivity index is 2.02.